The largest absolute Gasteiger partial charge is 0.482 e. The molecule has 0 aliphatic heterocycles. The molecule has 0 aromatic carbocycles. The van der Waals surface area contributed by atoms with Crippen LogP contribution in [-0.4, -0.2) is 18.1 Å². The first kappa shape index (κ1) is 7.43. The first-order valence-electron chi connectivity index (χ1n) is 2.85. The maximum absolute atomic E-state index is 11.7. The molecule has 10 heavy (non-hydrogen) atoms. The number of carboxylic acid groups (broad SMARTS) is 1. The molecule has 1 N–H and O–H groups in total. The van der Waals surface area contributed by atoms with Crippen molar-refractivity contribution in [3.63, 3.8) is 0 Å². The third kappa shape index (κ3) is 1.25. The summed E-state index contributed by atoms with van der Waals surface area (Å²) >= 11 is 0. The Morgan fingerprint density at radius 2 is 2.00 bits per heavy atom. The third-order valence-corrected chi connectivity index (χ3v) is 1.64. The van der Waals surface area contributed by atoms with Crippen LogP contribution < -0.4 is 0 Å². The van der Waals surface area contributed by atoms with Gasteiger partial charge in [-0.2, -0.15) is 0 Å². The van der Waals surface area contributed by atoms with Crippen molar-refractivity contribution >= 4 is 12.9 Å². The lowest BCUT2D eigenvalue weighted by Crippen LogP contribution is -2.17. The summed E-state index contributed by atoms with van der Waals surface area (Å²) < 4.78 is 35.0. The van der Waals surface area contributed by atoms with Crippen LogP contribution in [0.4, 0.5) is 12.9 Å². The maximum Gasteiger partial charge on any atom is 0.482 e. The molecule has 1 aliphatic rings. The normalized spacial score (nSPS) is 31.9. The van der Waals surface area contributed by atoms with Gasteiger partial charge in [0.1, 0.15) is 0 Å². The van der Waals surface area contributed by atoms with Crippen LogP contribution in [0.3, 0.4) is 0 Å². The molecule has 0 spiro atoms. The Bertz CT molecular complexity index is 166. The van der Waals surface area contributed by atoms with E-state index >= 15 is 0 Å². The maximum atomic E-state index is 11.7. The van der Waals surface area contributed by atoms with E-state index in [-0.39, 0.29) is 6.42 Å². The van der Waals surface area contributed by atoms with Crippen LogP contribution in [0.15, 0.2) is 0 Å². The predicted molar refractivity (Wildman–Crippen MR) is 28.6 cm³/mol. The van der Waals surface area contributed by atoms with Gasteiger partial charge in [0.15, 0.2) is 0 Å². The summed E-state index contributed by atoms with van der Waals surface area (Å²) in [6.07, 6.45) is -0.223. The molecular weight excluding hydrogens is 148 g/mol. The van der Waals surface area contributed by atoms with Crippen LogP contribution in [-0.2, 0) is 4.79 Å². The number of hydrogen-bond acceptors (Lipinski definition) is 1. The lowest BCUT2D eigenvalue weighted by molar-refractivity contribution is -0.138. The van der Waals surface area contributed by atoms with Gasteiger partial charge in [0.05, 0.1) is 0 Å². The summed E-state index contributed by atoms with van der Waals surface area (Å²) in [4.78, 5) is 9.93. The van der Waals surface area contributed by atoms with Crippen molar-refractivity contribution in [3.8, 4) is 0 Å². The molecule has 0 radical (unpaired) electrons. The van der Waals surface area contributed by atoms with Crippen LogP contribution in [0.25, 0.3) is 0 Å². The molecule has 0 bridgehead atoms. The molecule has 1 aliphatic carbocycles. The Balaban J connectivity index is 2.46. The fourth-order valence-electron chi connectivity index (χ4n) is 0.916. The SMILES string of the molecule is O=C(O)[C@H]1CC1[B-](F)(F)F. The molecule has 58 valence electrons. The van der Waals surface area contributed by atoms with E-state index in [4.69, 9.17) is 5.11 Å². The van der Waals surface area contributed by atoms with Gasteiger partial charge in [-0.25, -0.2) is 0 Å². The second-order valence-corrected chi connectivity index (χ2v) is 2.47. The van der Waals surface area contributed by atoms with Gasteiger partial charge in [-0.3, -0.25) is 4.79 Å². The smallest absolute Gasteiger partial charge is 0.481 e. The summed E-state index contributed by atoms with van der Waals surface area (Å²) in [5.41, 5.74) is 0. The van der Waals surface area contributed by atoms with E-state index in [9.17, 15) is 17.7 Å². The molecule has 0 aromatic rings. The third-order valence-electron chi connectivity index (χ3n) is 1.64. The number of aliphatic carboxylic acids is 1. The van der Waals surface area contributed by atoms with Gasteiger partial charge in [-0.05, 0) is 0 Å². The molecule has 2 nitrogen and oxygen atoms in total. The zero-order valence-electron chi connectivity index (χ0n) is 4.93. The summed E-state index contributed by atoms with van der Waals surface area (Å²) in [6.45, 7) is -4.91. The molecule has 6 heteroatoms. The van der Waals surface area contributed by atoms with Crippen LogP contribution in [0.5, 0.6) is 0 Å². The molecule has 1 rings (SSSR count). The molecule has 0 aromatic heterocycles. The van der Waals surface area contributed by atoms with Crippen molar-refractivity contribution in [1.82, 2.24) is 0 Å². The fraction of sp³-hybridized carbons (Fsp3) is 0.750. The minimum absolute atomic E-state index is 0.223. The van der Waals surface area contributed by atoms with Crippen LogP contribution in [0.1, 0.15) is 6.42 Å². The standard InChI is InChI=1S/C4H5BF3O2/c6-5(7,8)3-1-2(3)4(9)10/h2-3H,1H2,(H,9,10)/q-1/t2-,3?/m0/s1. The van der Waals surface area contributed by atoms with Crippen molar-refractivity contribution in [2.24, 2.45) is 5.92 Å². The quantitative estimate of drug-likeness (QED) is 0.607. The number of rotatable bonds is 2. The number of carbonyl (C=O) groups is 1. The van der Waals surface area contributed by atoms with Gasteiger partial charge in [-0.15, -0.1) is 0 Å². The molecular formula is C4H5BF3O2-. The van der Waals surface area contributed by atoms with Gasteiger partial charge in [0.25, 0.3) is 0 Å². The average Bonchev–Trinajstić information content (AvgIpc) is 2.35. The van der Waals surface area contributed by atoms with Crippen molar-refractivity contribution in [1.29, 1.82) is 0 Å². The van der Waals surface area contributed by atoms with Crippen LogP contribution in [0.2, 0.25) is 5.82 Å². The summed E-state index contributed by atoms with van der Waals surface area (Å²) in [7, 11) is 0. The zero-order valence-corrected chi connectivity index (χ0v) is 4.93. The Morgan fingerprint density at radius 1 is 1.50 bits per heavy atom. The van der Waals surface area contributed by atoms with Gasteiger partial charge in [0, 0.05) is 5.92 Å². The van der Waals surface area contributed by atoms with E-state index in [1.165, 1.54) is 0 Å². The van der Waals surface area contributed by atoms with E-state index < -0.39 is 24.7 Å². The predicted octanol–water partition coefficient (Wildman–Crippen LogP) is 1.31. The van der Waals surface area contributed by atoms with Crippen molar-refractivity contribution in [3.05, 3.63) is 0 Å². The second-order valence-electron chi connectivity index (χ2n) is 2.47. The highest BCUT2D eigenvalue weighted by Gasteiger charge is 2.54. The van der Waals surface area contributed by atoms with E-state index in [2.05, 4.69) is 0 Å². The van der Waals surface area contributed by atoms with E-state index in [1.54, 1.807) is 0 Å². The van der Waals surface area contributed by atoms with Gasteiger partial charge < -0.3 is 18.1 Å². The minimum Gasteiger partial charge on any atom is -0.481 e. The zero-order chi connectivity index (χ0) is 7.94. The monoisotopic (exact) mass is 153 g/mol. The van der Waals surface area contributed by atoms with E-state index in [0.29, 0.717) is 0 Å². The fourth-order valence-corrected chi connectivity index (χ4v) is 0.916. The van der Waals surface area contributed by atoms with E-state index in [1.807, 2.05) is 0 Å². The summed E-state index contributed by atoms with van der Waals surface area (Å²) in [6, 6.07) is 0. The van der Waals surface area contributed by atoms with Crippen molar-refractivity contribution < 1.29 is 22.8 Å². The number of hydrogen-bond donors (Lipinski definition) is 1. The highest BCUT2D eigenvalue weighted by Crippen LogP contribution is 2.53. The van der Waals surface area contributed by atoms with Gasteiger partial charge in [-0.1, -0.05) is 12.2 Å². The molecule has 0 heterocycles. The molecule has 1 unspecified atom stereocenters. The minimum atomic E-state index is -4.91. The van der Waals surface area contributed by atoms with Gasteiger partial charge in [0.2, 0.25) is 0 Å². The Labute approximate surface area is 55.1 Å². The topological polar surface area (TPSA) is 37.3 Å². The first-order valence-corrected chi connectivity index (χ1v) is 2.85. The lowest BCUT2D eigenvalue weighted by Gasteiger charge is -2.10. The molecule has 0 amide bonds. The van der Waals surface area contributed by atoms with Crippen LogP contribution in [0, 0.1) is 5.92 Å². The summed E-state index contributed by atoms with van der Waals surface area (Å²) in [5, 5.41) is 8.10. The second kappa shape index (κ2) is 1.90. The molecule has 0 saturated heterocycles. The van der Waals surface area contributed by atoms with Gasteiger partial charge >= 0.3 is 12.9 Å². The highest BCUT2D eigenvalue weighted by molar-refractivity contribution is 6.61. The first-order chi connectivity index (χ1) is 4.43. The molecule has 2 atom stereocenters. The number of halogens is 3. The Kier molecular flexibility index (Phi) is 1.41. The highest BCUT2D eigenvalue weighted by atomic mass is 19.4. The summed E-state index contributed by atoms with van der Waals surface area (Å²) in [5.74, 6) is -4.01. The van der Waals surface area contributed by atoms with Crippen LogP contribution >= 0.6 is 0 Å². The van der Waals surface area contributed by atoms with Crippen molar-refractivity contribution in [2.75, 3.05) is 0 Å². The Hall–Kier alpha value is -0.675. The number of carboxylic acids is 1. The van der Waals surface area contributed by atoms with Crippen molar-refractivity contribution in [2.45, 2.75) is 12.2 Å². The average molecular weight is 153 g/mol. The Morgan fingerprint density at radius 3 is 2.10 bits per heavy atom. The molecule has 1 saturated carbocycles. The van der Waals surface area contributed by atoms with E-state index in [0.717, 1.165) is 0 Å². The molecule has 1 fully saturated rings. The lowest BCUT2D eigenvalue weighted by atomic mass is 9.82.